The van der Waals surface area contributed by atoms with Gasteiger partial charge in [-0.1, -0.05) is 0 Å². The fourth-order valence-electron chi connectivity index (χ4n) is 0.291. The lowest BCUT2D eigenvalue weighted by atomic mass is 10.6. The molecule has 2 heteroatoms. The van der Waals surface area contributed by atoms with E-state index in [9.17, 15) is 0 Å². The van der Waals surface area contributed by atoms with Crippen molar-refractivity contribution < 1.29 is 9.47 Å². The number of hydrogen-bond acceptors (Lipinski definition) is 2. The highest BCUT2D eigenvalue weighted by Crippen LogP contribution is 2.31. The molecule has 0 saturated heterocycles. The van der Waals surface area contributed by atoms with Crippen molar-refractivity contribution in [3.8, 4) is 0 Å². The fraction of sp³-hybridized carbons (Fsp3) is 0. The number of hydrogen-bond donors (Lipinski definition) is 0. The van der Waals surface area contributed by atoms with E-state index in [1.165, 1.54) is 0 Å². The van der Waals surface area contributed by atoms with Gasteiger partial charge in [-0.3, -0.25) is 0 Å². The Morgan fingerprint density at radius 3 is 1.50 bits per heavy atom. The van der Waals surface area contributed by atoms with Crippen molar-refractivity contribution in [3.63, 3.8) is 0 Å². The summed E-state index contributed by atoms with van der Waals surface area (Å²) in [6.45, 7) is 0. The molecule has 2 nitrogen and oxygen atoms in total. The molecule has 0 aromatic carbocycles. The van der Waals surface area contributed by atoms with Crippen LogP contribution in [0.25, 0.3) is 0 Å². The van der Waals surface area contributed by atoms with Crippen molar-refractivity contribution in [1.29, 1.82) is 0 Å². The number of rotatable bonds is 1. The molecular formula is C4H2O2. The van der Waals surface area contributed by atoms with Gasteiger partial charge < -0.3 is 9.47 Å². The smallest absolute Gasteiger partial charge is 0.207 e. The van der Waals surface area contributed by atoms with E-state index in [0.717, 1.165) is 11.5 Å². The standard InChI is InChI=1S/C4H2O2/c1-3(5-1)4-2-6-4/h1-2H. The third-order valence-electron chi connectivity index (χ3n) is 0.714. The quantitative estimate of drug-likeness (QED) is 0.465. The van der Waals surface area contributed by atoms with E-state index in [-0.39, 0.29) is 0 Å². The molecule has 2 aliphatic heterocycles. The van der Waals surface area contributed by atoms with Gasteiger partial charge in [0.15, 0.2) is 0 Å². The van der Waals surface area contributed by atoms with Crippen LogP contribution in [0, 0.1) is 0 Å². The van der Waals surface area contributed by atoms with E-state index >= 15 is 0 Å². The Hall–Kier alpha value is -0.920. The van der Waals surface area contributed by atoms with Crippen LogP contribution in [0.3, 0.4) is 0 Å². The molecule has 0 bridgehead atoms. The molecule has 2 rings (SSSR count). The zero-order chi connectivity index (χ0) is 3.98. The summed E-state index contributed by atoms with van der Waals surface area (Å²) >= 11 is 0. The third-order valence-corrected chi connectivity index (χ3v) is 0.714. The second-order valence-electron chi connectivity index (χ2n) is 1.20. The fourth-order valence-corrected chi connectivity index (χ4v) is 0.291. The van der Waals surface area contributed by atoms with Crippen molar-refractivity contribution in [2.24, 2.45) is 0 Å². The average Bonchev–Trinajstić information content (AvgIpc) is 2.26. The van der Waals surface area contributed by atoms with Gasteiger partial charge in [-0.15, -0.1) is 0 Å². The van der Waals surface area contributed by atoms with Gasteiger partial charge in [-0.2, -0.15) is 0 Å². The van der Waals surface area contributed by atoms with Crippen LogP contribution in [-0.4, -0.2) is 0 Å². The average molecular weight is 82.1 g/mol. The van der Waals surface area contributed by atoms with Gasteiger partial charge in [0.05, 0.1) is 0 Å². The van der Waals surface area contributed by atoms with Crippen LogP contribution in [0.15, 0.2) is 24.0 Å². The molecule has 2 aliphatic rings. The predicted molar refractivity (Wildman–Crippen MR) is 18.3 cm³/mol. The van der Waals surface area contributed by atoms with Gasteiger partial charge in [0, 0.05) is 0 Å². The SMILES string of the molecule is C1=C(C2=CO2)O1. The molecule has 0 atom stereocenters. The Morgan fingerprint density at radius 1 is 1.00 bits per heavy atom. The molecular weight excluding hydrogens is 80.0 g/mol. The van der Waals surface area contributed by atoms with Crippen LogP contribution < -0.4 is 0 Å². The molecule has 0 unspecified atom stereocenters. The highest BCUT2D eigenvalue weighted by atomic mass is 16.6. The maximum Gasteiger partial charge on any atom is 0.207 e. The first-order valence-electron chi connectivity index (χ1n) is 1.71. The van der Waals surface area contributed by atoms with Crippen molar-refractivity contribution >= 4 is 0 Å². The van der Waals surface area contributed by atoms with E-state index in [2.05, 4.69) is 9.47 Å². The van der Waals surface area contributed by atoms with Crippen molar-refractivity contribution in [2.75, 3.05) is 0 Å². The van der Waals surface area contributed by atoms with Crippen LogP contribution in [0.2, 0.25) is 0 Å². The Balaban J connectivity index is 2.26. The van der Waals surface area contributed by atoms with E-state index in [1.54, 1.807) is 12.5 Å². The molecule has 0 radical (unpaired) electrons. The van der Waals surface area contributed by atoms with Crippen LogP contribution in [0.4, 0.5) is 0 Å². The molecule has 0 fully saturated rings. The summed E-state index contributed by atoms with van der Waals surface area (Å²) in [6.07, 6.45) is 3.30. The largest absolute Gasteiger partial charge is 0.454 e. The lowest BCUT2D eigenvalue weighted by Gasteiger charge is -1.65. The first kappa shape index (κ1) is 2.29. The van der Waals surface area contributed by atoms with E-state index in [0.29, 0.717) is 0 Å². The molecule has 0 aromatic rings. The zero-order valence-corrected chi connectivity index (χ0v) is 2.97. The summed E-state index contributed by atoms with van der Waals surface area (Å²) in [7, 11) is 0. The maximum absolute atomic E-state index is 4.63. The summed E-state index contributed by atoms with van der Waals surface area (Å²) < 4.78 is 9.26. The van der Waals surface area contributed by atoms with Crippen LogP contribution in [0.5, 0.6) is 0 Å². The monoisotopic (exact) mass is 82.0 g/mol. The summed E-state index contributed by atoms with van der Waals surface area (Å²) in [4.78, 5) is 0. The highest BCUT2D eigenvalue weighted by molar-refractivity contribution is 5.32. The van der Waals surface area contributed by atoms with Crippen LogP contribution >= 0.6 is 0 Å². The zero-order valence-electron chi connectivity index (χ0n) is 2.97. The van der Waals surface area contributed by atoms with Crippen molar-refractivity contribution in [1.82, 2.24) is 0 Å². The topological polar surface area (TPSA) is 25.1 Å². The Bertz CT molecular complexity index is 126. The van der Waals surface area contributed by atoms with Gasteiger partial charge in [0.1, 0.15) is 12.5 Å². The first-order valence-corrected chi connectivity index (χ1v) is 1.71. The Morgan fingerprint density at radius 2 is 1.33 bits per heavy atom. The maximum atomic E-state index is 4.63. The van der Waals surface area contributed by atoms with Gasteiger partial charge in [0.2, 0.25) is 11.5 Å². The van der Waals surface area contributed by atoms with E-state index < -0.39 is 0 Å². The van der Waals surface area contributed by atoms with Crippen molar-refractivity contribution in [3.05, 3.63) is 24.0 Å². The lowest BCUT2D eigenvalue weighted by Crippen LogP contribution is -1.53. The molecule has 30 valence electrons. The first-order chi connectivity index (χ1) is 2.97. The summed E-state index contributed by atoms with van der Waals surface area (Å²) in [5, 5.41) is 0. The van der Waals surface area contributed by atoms with Crippen LogP contribution in [0.1, 0.15) is 0 Å². The molecule has 0 aromatic heterocycles. The minimum absolute atomic E-state index is 0.884. The molecule has 2 heterocycles. The summed E-state index contributed by atoms with van der Waals surface area (Å²) in [5.41, 5.74) is 0. The second-order valence-corrected chi connectivity index (χ2v) is 1.20. The molecule has 0 N–H and O–H groups in total. The second kappa shape index (κ2) is 0.469. The minimum atomic E-state index is 0.884. The lowest BCUT2D eigenvalue weighted by molar-refractivity contribution is 0.448. The predicted octanol–water partition coefficient (Wildman–Crippen LogP) is 0.730. The minimum Gasteiger partial charge on any atom is -0.454 e. The van der Waals surface area contributed by atoms with Gasteiger partial charge in [-0.05, 0) is 0 Å². The summed E-state index contributed by atoms with van der Waals surface area (Å²) in [5.74, 6) is 1.77. The summed E-state index contributed by atoms with van der Waals surface area (Å²) in [6, 6.07) is 0. The van der Waals surface area contributed by atoms with Gasteiger partial charge in [-0.25, -0.2) is 0 Å². The third kappa shape index (κ3) is 0.162. The van der Waals surface area contributed by atoms with Crippen molar-refractivity contribution in [2.45, 2.75) is 0 Å². The normalized spacial score (nSPS) is 22.7. The number of ether oxygens (including phenoxy) is 2. The van der Waals surface area contributed by atoms with E-state index in [4.69, 9.17) is 0 Å². The molecule has 0 aliphatic carbocycles. The molecule has 0 saturated carbocycles. The molecule has 0 spiro atoms. The molecule has 6 heavy (non-hydrogen) atoms. The van der Waals surface area contributed by atoms with Crippen LogP contribution in [-0.2, 0) is 9.47 Å². The van der Waals surface area contributed by atoms with Gasteiger partial charge >= 0.3 is 0 Å². The Labute approximate surface area is 34.7 Å². The van der Waals surface area contributed by atoms with Gasteiger partial charge in [0.25, 0.3) is 0 Å². The molecule has 0 amide bonds. The van der Waals surface area contributed by atoms with E-state index in [1.807, 2.05) is 0 Å². The Kier molecular flexibility index (Phi) is 0.179. The highest BCUT2D eigenvalue weighted by Gasteiger charge is 2.25.